The highest BCUT2D eigenvalue weighted by Crippen LogP contribution is 2.42. The summed E-state index contributed by atoms with van der Waals surface area (Å²) >= 11 is 1.85. The lowest BCUT2D eigenvalue weighted by Crippen LogP contribution is -2.29. The molecular formula is C10H13NOS. The zero-order valence-electron chi connectivity index (χ0n) is 7.60. The van der Waals surface area contributed by atoms with Crippen LogP contribution in [0.4, 0.5) is 5.69 Å². The van der Waals surface area contributed by atoms with Gasteiger partial charge in [0.05, 0.1) is 17.7 Å². The van der Waals surface area contributed by atoms with Gasteiger partial charge in [-0.25, -0.2) is 0 Å². The van der Waals surface area contributed by atoms with Crippen molar-refractivity contribution in [3.63, 3.8) is 0 Å². The summed E-state index contributed by atoms with van der Waals surface area (Å²) in [4.78, 5) is 3.56. The standard InChI is InChI=1S/C10H13NOS/c1-8-11(6-7-12)9-4-2-3-5-10(9)13-8/h2-5,8,12H,6-7H2,1H3. The van der Waals surface area contributed by atoms with Crippen LogP contribution in [0.15, 0.2) is 29.2 Å². The van der Waals surface area contributed by atoms with E-state index in [1.165, 1.54) is 10.6 Å². The smallest absolute Gasteiger partial charge is 0.0771 e. The number of anilines is 1. The monoisotopic (exact) mass is 195 g/mol. The Hall–Kier alpha value is -0.670. The number of benzene rings is 1. The Kier molecular flexibility index (Phi) is 2.47. The number of rotatable bonds is 2. The number of aliphatic hydroxyl groups is 1. The molecule has 1 N–H and O–H groups in total. The minimum atomic E-state index is 0.221. The number of fused-ring (bicyclic) bond motifs is 1. The van der Waals surface area contributed by atoms with Crippen LogP contribution in [0.5, 0.6) is 0 Å². The molecule has 1 heterocycles. The molecule has 3 heteroatoms. The van der Waals surface area contributed by atoms with Gasteiger partial charge in [-0.05, 0) is 19.1 Å². The molecule has 13 heavy (non-hydrogen) atoms. The van der Waals surface area contributed by atoms with Gasteiger partial charge in [-0.2, -0.15) is 0 Å². The number of thioether (sulfide) groups is 1. The Morgan fingerprint density at radius 1 is 1.46 bits per heavy atom. The average molecular weight is 195 g/mol. The molecule has 1 atom stereocenters. The molecule has 0 spiro atoms. The van der Waals surface area contributed by atoms with E-state index in [1.54, 1.807) is 0 Å². The van der Waals surface area contributed by atoms with E-state index in [9.17, 15) is 0 Å². The molecular weight excluding hydrogens is 182 g/mol. The molecule has 1 unspecified atom stereocenters. The zero-order valence-corrected chi connectivity index (χ0v) is 8.42. The molecule has 0 saturated carbocycles. The number of aliphatic hydroxyl groups excluding tert-OH is 1. The van der Waals surface area contributed by atoms with Crippen LogP contribution in [-0.4, -0.2) is 23.6 Å². The molecule has 1 aliphatic rings. The Morgan fingerprint density at radius 2 is 2.23 bits per heavy atom. The normalized spacial score (nSPS) is 20.5. The van der Waals surface area contributed by atoms with Crippen LogP contribution in [0.2, 0.25) is 0 Å². The van der Waals surface area contributed by atoms with Crippen molar-refractivity contribution in [1.82, 2.24) is 0 Å². The van der Waals surface area contributed by atoms with Crippen molar-refractivity contribution >= 4 is 17.4 Å². The average Bonchev–Trinajstić information content (AvgIpc) is 2.44. The van der Waals surface area contributed by atoms with Crippen molar-refractivity contribution in [2.75, 3.05) is 18.1 Å². The highest BCUT2D eigenvalue weighted by atomic mass is 32.2. The molecule has 2 nitrogen and oxygen atoms in total. The van der Waals surface area contributed by atoms with Gasteiger partial charge in [0.2, 0.25) is 0 Å². The van der Waals surface area contributed by atoms with Crippen molar-refractivity contribution in [3.8, 4) is 0 Å². The molecule has 0 radical (unpaired) electrons. The van der Waals surface area contributed by atoms with E-state index in [2.05, 4.69) is 30.0 Å². The first-order valence-electron chi connectivity index (χ1n) is 4.46. The van der Waals surface area contributed by atoms with Crippen LogP contribution in [-0.2, 0) is 0 Å². The maximum atomic E-state index is 8.92. The zero-order chi connectivity index (χ0) is 9.26. The molecule has 1 aliphatic heterocycles. The van der Waals surface area contributed by atoms with Crippen molar-refractivity contribution in [2.45, 2.75) is 17.2 Å². The first-order chi connectivity index (χ1) is 6.33. The Labute approximate surface area is 82.6 Å². The van der Waals surface area contributed by atoms with Gasteiger partial charge >= 0.3 is 0 Å². The van der Waals surface area contributed by atoms with Gasteiger partial charge in [-0.3, -0.25) is 0 Å². The van der Waals surface area contributed by atoms with Crippen LogP contribution in [0.1, 0.15) is 6.92 Å². The Balaban J connectivity index is 2.29. The molecule has 0 aromatic heterocycles. The maximum absolute atomic E-state index is 8.92. The van der Waals surface area contributed by atoms with Crippen molar-refractivity contribution < 1.29 is 5.11 Å². The highest BCUT2D eigenvalue weighted by Gasteiger charge is 2.25. The summed E-state index contributed by atoms with van der Waals surface area (Å²) in [5, 5.41) is 9.37. The third-order valence-electron chi connectivity index (χ3n) is 2.25. The second kappa shape index (κ2) is 3.60. The van der Waals surface area contributed by atoms with Crippen LogP contribution < -0.4 is 4.90 Å². The second-order valence-corrected chi connectivity index (χ2v) is 4.46. The van der Waals surface area contributed by atoms with Crippen LogP contribution >= 0.6 is 11.8 Å². The number of para-hydroxylation sites is 1. The van der Waals surface area contributed by atoms with Gasteiger partial charge in [-0.15, -0.1) is 0 Å². The van der Waals surface area contributed by atoms with E-state index in [4.69, 9.17) is 5.11 Å². The number of nitrogens with zero attached hydrogens (tertiary/aromatic N) is 1. The fraction of sp³-hybridized carbons (Fsp3) is 0.400. The van der Waals surface area contributed by atoms with E-state index in [-0.39, 0.29) is 6.61 Å². The third kappa shape index (κ3) is 1.54. The minimum Gasteiger partial charge on any atom is -0.395 e. The molecule has 0 amide bonds. The number of hydrogen-bond acceptors (Lipinski definition) is 3. The van der Waals surface area contributed by atoms with Crippen molar-refractivity contribution in [2.24, 2.45) is 0 Å². The van der Waals surface area contributed by atoms with E-state index < -0.39 is 0 Å². The lowest BCUT2D eigenvalue weighted by molar-refractivity contribution is 0.301. The predicted octanol–water partition coefficient (Wildman–Crippen LogP) is 1.94. The quantitative estimate of drug-likeness (QED) is 0.780. The lowest BCUT2D eigenvalue weighted by atomic mass is 10.3. The Morgan fingerprint density at radius 3 is 3.00 bits per heavy atom. The fourth-order valence-electron chi connectivity index (χ4n) is 1.65. The number of hydrogen-bond donors (Lipinski definition) is 1. The van der Waals surface area contributed by atoms with Gasteiger partial charge in [0.25, 0.3) is 0 Å². The van der Waals surface area contributed by atoms with Crippen LogP contribution in [0.3, 0.4) is 0 Å². The predicted molar refractivity (Wildman–Crippen MR) is 56.2 cm³/mol. The lowest BCUT2D eigenvalue weighted by Gasteiger charge is -2.22. The second-order valence-electron chi connectivity index (χ2n) is 3.10. The largest absolute Gasteiger partial charge is 0.395 e. The van der Waals surface area contributed by atoms with E-state index in [0.717, 1.165) is 6.54 Å². The topological polar surface area (TPSA) is 23.5 Å². The van der Waals surface area contributed by atoms with Gasteiger partial charge in [0.15, 0.2) is 0 Å². The molecule has 1 aromatic carbocycles. The molecule has 0 fully saturated rings. The highest BCUT2D eigenvalue weighted by molar-refractivity contribution is 8.00. The number of β-amino-alcohol motifs (C(OH)–C–C–N with tert-alkyl or cyclic N) is 1. The summed E-state index contributed by atoms with van der Waals surface area (Å²) < 4.78 is 0. The van der Waals surface area contributed by atoms with Gasteiger partial charge < -0.3 is 10.0 Å². The summed E-state index contributed by atoms with van der Waals surface area (Å²) in [7, 11) is 0. The summed E-state index contributed by atoms with van der Waals surface area (Å²) in [5.74, 6) is 0. The van der Waals surface area contributed by atoms with Crippen molar-refractivity contribution in [3.05, 3.63) is 24.3 Å². The third-order valence-corrected chi connectivity index (χ3v) is 3.45. The molecule has 0 aliphatic carbocycles. The van der Waals surface area contributed by atoms with Crippen molar-refractivity contribution in [1.29, 1.82) is 0 Å². The molecule has 1 aromatic rings. The van der Waals surface area contributed by atoms with Gasteiger partial charge in [0.1, 0.15) is 0 Å². The van der Waals surface area contributed by atoms with Gasteiger partial charge in [-0.1, -0.05) is 23.9 Å². The van der Waals surface area contributed by atoms with Crippen LogP contribution in [0.25, 0.3) is 0 Å². The molecule has 70 valence electrons. The summed E-state index contributed by atoms with van der Waals surface area (Å²) in [5.41, 5.74) is 1.26. The summed E-state index contributed by atoms with van der Waals surface area (Å²) in [6.45, 7) is 3.12. The SMILES string of the molecule is CC1Sc2ccccc2N1CCO. The minimum absolute atomic E-state index is 0.221. The van der Waals surface area contributed by atoms with E-state index in [0.29, 0.717) is 5.37 Å². The summed E-state index contributed by atoms with van der Waals surface area (Å²) in [6, 6.07) is 8.35. The van der Waals surface area contributed by atoms with Crippen LogP contribution in [0, 0.1) is 0 Å². The summed E-state index contributed by atoms with van der Waals surface area (Å²) in [6.07, 6.45) is 0. The van der Waals surface area contributed by atoms with E-state index >= 15 is 0 Å². The Bertz CT molecular complexity index is 303. The fourth-order valence-corrected chi connectivity index (χ4v) is 2.82. The van der Waals surface area contributed by atoms with E-state index in [1.807, 2.05) is 17.8 Å². The first-order valence-corrected chi connectivity index (χ1v) is 5.34. The maximum Gasteiger partial charge on any atom is 0.0771 e. The molecule has 0 saturated heterocycles. The first kappa shape index (κ1) is 8.91. The molecule has 2 rings (SSSR count). The molecule has 0 bridgehead atoms. The van der Waals surface area contributed by atoms with Gasteiger partial charge in [0, 0.05) is 11.4 Å².